The van der Waals surface area contributed by atoms with Crippen molar-refractivity contribution in [2.75, 3.05) is 20.3 Å². The van der Waals surface area contributed by atoms with Crippen LogP contribution < -0.4 is 0 Å². The lowest BCUT2D eigenvalue weighted by molar-refractivity contribution is 0.104. The Morgan fingerprint density at radius 1 is 1.62 bits per heavy atom. The largest absolute Gasteiger partial charge is 0.383 e. The number of hydrogen-bond donors (Lipinski definition) is 0. The summed E-state index contributed by atoms with van der Waals surface area (Å²) in [5, 5.41) is 8.07. The van der Waals surface area contributed by atoms with Crippen molar-refractivity contribution in [3.05, 3.63) is 12.2 Å². The Morgan fingerprint density at radius 3 is 3.31 bits per heavy atom. The first-order chi connectivity index (χ1) is 7.90. The maximum atomic E-state index is 5.59. The third-order valence-electron chi connectivity index (χ3n) is 2.95. The van der Waals surface area contributed by atoms with Crippen molar-refractivity contribution in [3.8, 4) is 0 Å². The van der Waals surface area contributed by atoms with Gasteiger partial charge in [-0.05, 0) is 19.3 Å². The summed E-state index contributed by atoms with van der Waals surface area (Å²) >= 11 is 0. The number of rotatable bonds is 6. The van der Waals surface area contributed by atoms with Gasteiger partial charge in [0.2, 0.25) is 0 Å². The van der Waals surface area contributed by atoms with E-state index in [1.165, 1.54) is 12.8 Å². The van der Waals surface area contributed by atoms with Crippen molar-refractivity contribution in [2.24, 2.45) is 0 Å². The van der Waals surface area contributed by atoms with Crippen molar-refractivity contribution in [2.45, 2.75) is 38.3 Å². The zero-order chi connectivity index (χ0) is 11.2. The highest BCUT2D eigenvalue weighted by Crippen LogP contribution is 2.17. The molecule has 90 valence electrons. The van der Waals surface area contributed by atoms with E-state index in [2.05, 4.69) is 14.8 Å². The number of aryl methyl sites for hydroxylation is 1. The minimum absolute atomic E-state index is 0.424. The van der Waals surface area contributed by atoms with Crippen molar-refractivity contribution in [1.29, 1.82) is 0 Å². The van der Waals surface area contributed by atoms with Crippen LogP contribution in [-0.4, -0.2) is 41.2 Å². The lowest BCUT2D eigenvalue weighted by atomic mass is 10.1. The Morgan fingerprint density at radius 2 is 2.56 bits per heavy atom. The molecule has 1 saturated heterocycles. The van der Waals surface area contributed by atoms with Gasteiger partial charge in [-0.15, -0.1) is 10.2 Å². The minimum Gasteiger partial charge on any atom is -0.383 e. The van der Waals surface area contributed by atoms with E-state index < -0.39 is 0 Å². The van der Waals surface area contributed by atoms with E-state index in [1.807, 2.05) is 0 Å². The molecule has 5 nitrogen and oxygen atoms in total. The van der Waals surface area contributed by atoms with E-state index in [0.717, 1.165) is 31.8 Å². The quantitative estimate of drug-likeness (QED) is 0.725. The molecule has 0 bridgehead atoms. The number of hydrogen-bond acceptors (Lipinski definition) is 4. The van der Waals surface area contributed by atoms with Gasteiger partial charge in [0.1, 0.15) is 12.2 Å². The van der Waals surface area contributed by atoms with Crippen LogP contribution in [0, 0.1) is 0 Å². The van der Waals surface area contributed by atoms with E-state index in [-0.39, 0.29) is 0 Å². The summed E-state index contributed by atoms with van der Waals surface area (Å²) in [6, 6.07) is 0. The molecule has 0 aliphatic carbocycles. The first-order valence-corrected chi connectivity index (χ1v) is 5.87. The fourth-order valence-electron chi connectivity index (χ4n) is 2.01. The Hall–Kier alpha value is -0.940. The second-order valence-corrected chi connectivity index (χ2v) is 4.11. The molecule has 1 fully saturated rings. The minimum atomic E-state index is 0.424. The average Bonchev–Trinajstić information content (AvgIpc) is 2.94. The van der Waals surface area contributed by atoms with Crippen LogP contribution in [0.1, 0.15) is 25.1 Å². The van der Waals surface area contributed by atoms with E-state index >= 15 is 0 Å². The summed E-state index contributed by atoms with van der Waals surface area (Å²) in [7, 11) is 1.70. The number of aromatic nitrogens is 3. The molecule has 1 unspecified atom stereocenters. The summed E-state index contributed by atoms with van der Waals surface area (Å²) in [6.07, 6.45) is 6.56. The molecule has 1 aliphatic rings. The maximum Gasteiger partial charge on any atom is 0.132 e. The number of ether oxygens (including phenoxy) is 2. The van der Waals surface area contributed by atoms with Crippen molar-refractivity contribution in [3.63, 3.8) is 0 Å². The summed E-state index contributed by atoms with van der Waals surface area (Å²) < 4.78 is 12.7. The monoisotopic (exact) mass is 225 g/mol. The van der Waals surface area contributed by atoms with Crippen LogP contribution in [0.5, 0.6) is 0 Å². The molecule has 0 radical (unpaired) electrons. The topological polar surface area (TPSA) is 49.2 Å². The molecule has 0 N–H and O–H groups in total. The van der Waals surface area contributed by atoms with Crippen LogP contribution >= 0.6 is 0 Å². The number of nitrogens with zero attached hydrogens (tertiary/aromatic N) is 3. The second kappa shape index (κ2) is 5.96. The molecule has 0 amide bonds. The smallest absolute Gasteiger partial charge is 0.132 e. The summed E-state index contributed by atoms with van der Waals surface area (Å²) in [6.45, 7) is 2.44. The lowest BCUT2D eigenvalue weighted by Gasteiger charge is -2.09. The van der Waals surface area contributed by atoms with Crippen molar-refractivity contribution in [1.82, 2.24) is 14.8 Å². The molecule has 16 heavy (non-hydrogen) atoms. The molecule has 2 heterocycles. The summed E-state index contributed by atoms with van der Waals surface area (Å²) in [5.74, 6) is 1.03. The van der Waals surface area contributed by atoms with Crippen LogP contribution in [0.15, 0.2) is 6.33 Å². The molecule has 0 aromatic carbocycles. The highest BCUT2D eigenvalue weighted by atomic mass is 16.5. The molecule has 2 rings (SSSR count). The summed E-state index contributed by atoms with van der Waals surface area (Å²) in [4.78, 5) is 0. The molecular weight excluding hydrogens is 206 g/mol. The Balaban J connectivity index is 1.80. The molecule has 0 spiro atoms. The molecular formula is C11H19N3O2. The van der Waals surface area contributed by atoms with E-state index in [4.69, 9.17) is 9.47 Å². The number of methoxy groups -OCH3 is 1. The van der Waals surface area contributed by atoms with Gasteiger partial charge in [-0.1, -0.05) is 0 Å². The fraction of sp³-hybridized carbons (Fsp3) is 0.818. The Labute approximate surface area is 95.8 Å². The SMILES string of the molecule is COCCn1cnnc1CCC1CCCO1. The second-order valence-electron chi connectivity index (χ2n) is 4.11. The van der Waals surface area contributed by atoms with E-state index in [0.29, 0.717) is 12.7 Å². The van der Waals surface area contributed by atoms with Crippen molar-refractivity contribution >= 4 is 0 Å². The third kappa shape index (κ3) is 3.02. The van der Waals surface area contributed by atoms with E-state index in [9.17, 15) is 0 Å². The van der Waals surface area contributed by atoms with Gasteiger partial charge in [0.15, 0.2) is 0 Å². The zero-order valence-corrected chi connectivity index (χ0v) is 9.76. The first-order valence-electron chi connectivity index (χ1n) is 5.87. The molecule has 1 atom stereocenters. The van der Waals surface area contributed by atoms with Crippen molar-refractivity contribution < 1.29 is 9.47 Å². The normalized spacial score (nSPS) is 20.4. The van der Waals surface area contributed by atoms with Gasteiger partial charge in [-0.2, -0.15) is 0 Å². The lowest BCUT2D eigenvalue weighted by Crippen LogP contribution is -2.11. The van der Waals surface area contributed by atoms with Crippen LogP contribution in [0.4, 0.5) is 0 Å². The first kappa shape index (κ1) is 11.5. The highest BCUT2D eigenvalue weighted by molar-refractivity contribution is 4.87. The zero-order valence-electron chi connectivity index (χ0n) is 9.76. The Bertz CT molecular complexity index is 308. The maximum absolute atomic E-state index is 5.59. The van der Waals surface area contributed by atoms with Crippen LogP contribution in [0.3, 0.4) is 0 Å². The van der Waals surface area contributed by atoms with Gasteiger partial charge in [-0.3, -0.25) is 0 Å². The van der Waals surface area contributed by atoms with E-state index in [1.54, 1.807) is 13.4 Å². The van der Waals surface area contributed by atoms with Gasteiger partial charge in [0, 0.05) is 26.7 Å². The predicted molar refractivity (Wildman–Crippen MR) is 59.2 cm³/mol. The Kier molecular flexibility index (Phi) is 4.30. The molecule has 1 aliphatic heterocycles. The highest BCUT2D eigenvalue weighted by Gasteiger charge is 2.16. The van der Waals surface area contributed by atoms with Crippen LogP contribution in [-0.2, 0) is 22.4 Å². The summed E-state index contributed by atoms with van der Waals surface area (Å²) in [5.41, 5.74) is 0. The molecule has 1 aromatic rings. The standard InChI is InChI=1S/C11H19N3O2/c1-15-8-6-14-9-12-13-11(14)5-4-10-3-2-7-16-10/h9-10H,2-8H2,1H3. The average molecular weight is 225 g/mol. The van der Waals surface area contributed by atoms with Gasteiger partial charge >= 0.3 is 0 Å². The van der Waals surface area contributed by atoms with Gasteiger partial charge < -0.3 is 14.0 Å². The molecule has 5 heteroatoms. The molecule has 0 saturated carbocycles. The molecule has 1 aromatic heterocycles. The fourth-order valence-corrected chi connectivity index (χ4v) is 2.01. The van der Waals surface area contributed by atoms with Gasteiger partial charge in [-0.25, -0.2) is 0 Å². The van der Waals surface area contributed by atoms with Gasteiger partial charge in [0.05, 0.1) is 12.7 Å². The predicted octanol–water partition coefficient (Wildman–Crippen LogP) is 1.04. The van der Waals surface area contributed by atoms with Crippen LogP contribution in [0.25, 0.3) is 0 Å². The van der Waals surface area contributed by atoms with Gasteiger partial charge in [0.25, 0.3) is 0 Å². The van der Waals surface area contributed by atoms with Crippen LogP contribution in [0.2, 0.25) is 0 Å². The third-order valence-corrected chi connectivity index (χ3v) is 2.95.